The Morgan fingerprint density at radius 3 is 2.93 bits per heavy atom. The van der Waals surface area contributed by atoms with E-state index in [1.165, 1.54) is 11.8 Å². The van der Waals surface area contributed by atoms with Crippen LogP contribution >= 0.6 is 11.8 Å². The first kappa shape index (κ1) is 18.6. The van der Waals surface area contributed by atoms with Crippen LogP contribution in [0.25, 0.3) is 0 Å². The van der Waals surface area contributed by atoms with E-state index in [1.54, 1.807) is 11.8 Å². The molecule has 142 valence electrons. The molecule has 4 rings (SSSR count). The third-order valence-electron chi connectivity index (χ3n) is 4.82. The zero-order valence-corrected chi connectivity index (χ0v) is 16.3. The Morgan fingerprint density at radius 2 is 2.14 bits per heavy atom. The lowest BCUT2D eigenvalue weighted by atomic mass is 10.1. The van der Waals surface area contributed by atoms with Gasteiger partial charge in [-0.05, 0) is 43.7 Å². The molecule has 5 nitrogen and oxygen atoms in total. The number of hydrogen-bond donors (Lipinski definition) is 1. The molecule has 0 spiro atoms. The van der Waals surface area contributed by atoms with Gasteiger partial charge in [0.25, 0.3) is 5.91 Å². The molecule has 1 fully saturated rings. The molecule has 6 heteroatoms. The van der Waals surface area contributed by atoms with Crippen molar-refractivity contribution in [3.63, 3.8) is 0 Å². The maximum atomic E-state index is 13.1. The molecule has 0 bridgehead atoms. The molecule has 2 aliphatic heterocycles. The predicted octanol–water partition coefficient (Wildman–Crippen LogP) is 3.80. The molecule has 1 atom stereocenters. The van der Waals surface area contributed by atoms with Crippen LogP contribution in [-0.2, 0) is 9.53 Å². The fourth-order valence-electron chi connectivity index (χ4n) is 3.30. The molecule has 0 saturated carbocycles. The molecule has 1 unspecified atom stereocenters. The molecular weight excluding hydrogens is 372 g/mol. The Morgan fingerprint density at radius 1 is 1.29 bits per heavy atom. The van der Waals surface area contributed by atoms with Crippen molar-refractivity contribution in [2.24, 2.45) is 5.92 Å². The van der Waals surface area contributed by atoms with Crippen molar-refractivity contribution in [2.45, 2.75) is 23.1 Å². The molecule has 0 radical (unpaired) electrons. The number of carbonyl (C=O) groups excluding carboxylic acids is 2. The number of hydrogen-bond acceptors (Lipinski definition) is 4. The topological polar surface area (TPSA) is 58.6 Å². The van der Waals surface area contributed by atoms with Gasteiger partial charge in [0.1, 0.15) is 0 Å². The van der Waals surface area contributed by atoms with Crippen LogP contribution in [0, 0.1) is 17.8 Å². The van der Waals surface area contributed by atoms with Crippen molar-refractivity contribution in [3.05, 3.63) is 48.0 Å². The van der Waals surface area contributed by atoms with E-state index in [1.807, 2.05) is 42.5 Å². The number of rotatable bonds is 3. The highest BCUT2D eigenvalue weighted by atomic mass is 32.2. The van der Waals surface area contributed by atoms with Crippen molar-refractivity contribution < 1.29 is 14.3 Å². The summed E-state index contributed by atoms with van der Waals surface area (Å²) in [6.45, 7) is 3.18. The van der Waals surface area contributed by atoms with E-state index in [2.05, 4.69) is 17.2 Å². The molecule has 2 aromatic carbocycles. The second-order valence-corrected chi connectivity index (χ2v) is 7.73. The van der Waals surface area contributed by atoms with Crippen molar-refractivity contribution in [2.75, 3.05) is 30.0 Å². The molecule has 0 aliphatic carbocycles. The fourth-order valence-corrected chi connectivity index (χ4v) is 4.42. The number of anilines is 2. The summed E-state index contributed by atoms with van der Waals surface area (Å²) in [7, 11) is 0. The van der Waals surface area contributed by atoms with E-state index < -0.39 is 0 Å². The second kappa shape index (κ2) is 8.09. The minimum Gasteiger partial charge on any atom is -0.381 e. The van der Waals surface area contributed by atoms with Gasteiger partial charge in [-0.3, -0.25) is 14.5 Å². The van der Waals surface area contributed by atoms with E-state index in [4.69, 9.17) is 4.74 Å². The van der Waals surface area contributed by atoms with Crippen LogP contribution in [0.2, 0.25) is 0 Å². The van der Waals surface area contributed by atoms with Gasteiger partial charge in [-0.25, -0.2) is 0 Å². The van der Waals surface area contributed by atoms with Crippen LogP contribution in [0.5, 0.6) is 0 Å². The van der Waals surface area contributed by atoms with E-state index in [9.17, 15) is 9.59 Å². The molecule has 0 aromatic heterocycles. The first-order chi connectivity index (χ1) is 13.7. The summed E-state index contributed by atoms with van der Waals surface area (Å²) in [5, 5.41) is 2.98. The van der Waals surface area contributed by atoms with E-state index >= 15 is 0 Å². The van der Waals surface area contributed by atoms with Gasteiger partial charge in [-0.1, -0.05) is 29.8 Å². The van der Waals surface area contributed by atoms with Gasteiger partial charge >= 0.3 is 0 Å². The van der Waals surface area contributed by atoms with Crippen LogP contribution in [0.4, 0.5) is 11.4 Å². The van der Waals surface area contributed by atoms with E-state index in [0.717, 1.165) is 27.6 Å². The Balaban J connectivity index is 1.69. The SMILES string of the molecule is CC#CCN1C(=O)c2ccccc2Sc2cc(NC(=O)C3CCOC3)ccc21. The first-order valence-electron chi connectivity index (χ1n) is 9.18. The smallest absolute Gasteiger partial charge is 0.260 e. The number of fused-ring (bicyclic) bond motifs is 2. The fraction of sp³-hybridized carbons (Fsp3) is 0.273. The summed E-state index contributed by atoms with van der Waals surface area (Å²) in [4.78, 5) is 29.0. The molecule has 2 heterocycles. The largest absolute Gasteiger partial charge is 0.381 e. The van der Waals surface area contributed by atoms with Crippen molar-refractivity contribution in [3.8, 4) is 11.8 Å². The van der Waals surface area contributed by atoms with Crippen molar-refractivity contribution in [1.82, 2.24) is 0 Å². The number of nitrogens with one attached hydrogen (secondary N) is 1. The van der Waals surface area contributed by atoms with Crippen LogP contribution in [-0.4, -0.2) is 31.6 Å². The van der Waals surface area contributed by atoms with Gasteiger partial charge in [0.2, 0.25) is 5.91 Å². The predicted molar refractivity (Wildman–Crippen MR) is 110 cm³/mol. The summed E-state index contributed by atoms with van der Waals surface area (Å²) in [5.74, 6) is 5.66. The number of benzene rings is 2. The summed E-state index contributed by atoms with van der Waals surface area (Å²) < 4.78 is 5.30. The quantitative estimate of drug-likeness (QED) is 0.808. The average molecular weight is 392 g/mol. The molecule has 2 aliphatic rings. The third kappa shape index (κ3) is 3.64. The Kier molecular flexibility index (Phi) is 5.38. The lowest BCUT2D eigenvalue weighted by molar-refractivity contribution is -0.119. The molecular formula is C22H20N2O3S. The zero-order valence-electron chi connectivity index (χ0n) is 15.5. The Bertz CT molecular complexity index is 987. The van der Waals surface area contributed by atoms with Crippen molar-refractivity contribution in [1.29, 1.82) is 0 Å². The maximum absolute atomic E-state index is 13.1. The van der Waals surface area contributed by atoms with Crippen LogP contribution in [0.3, 0.4) is 0 Å². The minimum absolute atomic E-state index is 0.0266. The van der Waals surface area contributed by atoms with Gasteiger partial charge in [-0.15, -0.1) is 5.92 Å². The molecule has 2 aromatic rings. The molecule has 1 saturated heterocycles. The van der Waals surface area contributed by atoms with Crippen LogP contribution in [0.1, 0.15) is 23.7 Å². The van der Waals surface area contributed by atoms with Gasteiger partial charge in [0.05, 0.1) is 30.3 Å². The number of carbonyl (C=O) groups is 2. The summed E-state index contributed by atoms with van der Waals surface area (Å²) in [5.41, 5.74) is 2.18. The van der Waals surface area contributed by atoms with Gasteiger partial charge in [-0.2, -0.15) is 0 Å². The maximum Gasteiger partial charge on any atom is 0.260 e. The highest BCUT2D eigenvalue weighted by Gasteiger charge is 2.28. The Labute approximate surface area is 168 Å². The van der Waals surface area contributed by atoms with Gasteiger partial charge in [0, 0.05) is 22.1 Å². The van der Waals surface area contributed by atoms with Gasteiger partial charge in [0.15, 0.2) is 0 Å². The normalized spacial score (nSPS) is 17.8. The lowest BCUT2D eigenvalue weighted by Gasteiger charge is -2.21. The number of nitrogens with zero attached hydrogens (tertiary/aromatic N) is 1. The highest BCUT2D eigenvalue weighted by Crippen LogP contribution is 2.42. The van der Waals surface area contributed by atoms with Crippen LogP contribution < -0.4 is 10.2 Å². The van der Waals surface area contributed by atoms with E-state index in [-0.39, 0.29) is 17.7 Å². The third-order valence-corrected chi connectivity index (χ3v) is 5.94. The molecule has 1 N–H and O–H groups in total. The molecule has 28 heavy (non-hydrogen) atoms. The monoisotopic (exact) mass is 392 g/mol. The van der Waals surface area contributed by atoms with E-state index in [0.29, 0.717) is 25.3 Å². The number of ether oxygens (including phenoxy) is 1. The summed E-state index contributed by atoms with van der Waals surface area (Å²) >= 11 is 1.53. The Hall–Kier alpha value is -2.75. The van der Waals surface area contributed by atoms with Crippen LogP contribution in [0.15, 0.2) is 52.3 Å². The van der Waals surface area contributed by atoms with Crippen molar-refractivity contribution >= 4 is 35.0 Å². The average Bonchev–Trinajstić information content (AvgIpc) is 3.21. The summed E-state index contributed by atoms with van der Waals surface area (Å²) in [6.07, 6.45) is 0.747. The van der Waals surface area contributed by atoms with Gasteiger partial charge < -0.3 is 10.1 Å². The lowest BCUT2D eigenvalue weighted by Crippen LogP contribution is -2.31. The molecule has 2 amide bonds. The second-order valence-electron chi connectivity index (χ2n) is 6.65. The summed E-state index contributed by atoms with van der Waals surface area (Å²) in [6, 6.07) is 13.2. The minimum atomic E-state index is -0.106. The standard InChI is InChI=1S/C22H20N2O3S/c1-2-3-11-24-18-9-8-16(23-21(25)15-10-12-27-14-15)13-20(18)28-19-7-5-4-6-17(19)22(24)26/h4-9,13,15H,10-12,14H2,1H3,(H,23,25). The highest BCUT2D eigenvalue weighted by molar-refractivity contribution is 7.99. The number of amides is 2. The zero-order chi connectivity index (χ0) is 19.5. The first-order valence-corrected chi connectivity index (χ1v) is 10.00.